The van der Waals surface area contributed by atoms with Crippen LogP contribution in [-0.2, 0) is 30.9 Å². The van der Waals surface area contributed by atoms with E-state index in [0.29, 0.717) is 50.5 Å². The predicted molar refractivity (Wildman–Crippen MR) is 125 cm³/mol. The molecule has 1 aliphatic rings. The van der Waals surface area contributed by atoms with Crippen LogP contribution in [0.2, 0.25) is 0 Å². The molecule has 10 heteroatoms. The topological polar surface area (TPSA) is 111 Å². The van der Waals surface area contributed by atoms with Crippen molar-refractivity contribution in [2.75, 3.05) is 33.4 Å². The van der Waals surface area contributed by atoms with E-state index in [-0.39, 0.29) is 30.4 Å². The molecule has 34 heavy (non-hydrogen) atoms. The van der Waals surface area contributed by atoms with Crippen molar-refractivity contribution in [1.82, 2.24) is 9.62 Å². The summed E-state index contributed by atoms with van der Waals surface area (Å²) in [7, 11) is -2.00. The Morgan fingerprint density at radius 2 is 1.74 bits per heavy atom. The van der Waals surface area contributed by atoms with Crippen molar-refractivity contribution in [1.29, 1.82) is 0 Å². The predicted octanol–water partition coefficient (Wildman–Crippen LogP) is 2.50. The molecule has 3 rings (SSSR count). The molecule has 0 aliphatic carbocycles. The van der Waals surface area contributed by atoms with Gasteiger partial charge in [-0.1, -0.05) is 36.8 Å². The van der Waals surface area contributed by atoms with Crippen molar-refractivity contribution in [3.05, 3.63) is 54.1 Å². The maximum Gasteiger partial charge on any atom is 0.306 e. The van der Waals surface area contributed by atoms with E-state index in [1.165, 1.54) is 17.0 Å². The number of rotatable bonds is 12. The monoisotopic (exact) mass is 490 g/mol. The first-order valence-electron chi connectivity index (χ1n) is 11.2. The number of benzene rings is 2. The Morgan fingerprint density at radius 1 is 1.00 bits per heavy atom. The number of hydrogen-bond donors (Lipinski definition) is 1. The summed E-state index contributed by atoms with van der Waals surface area (Å²) in [6.45, 7) is 1.21. The Labute approximate surface area is 200 Å². The lowest BCUT2D eigenvalue weighted by Crippen LogP contribution is -2.30. The molecule has 0 bridgehead atoms. The van der Waals surface area contributed by atoms with Crippen LogP contribution in [-0.4, -0.2) is 58.6 Å². The molecule has 0 fully saturated rings. The van der Waals surface area contributed by atoms with Gasteiger partial charge in [0, 0.05) is 32.6 Å². The summed E-state index contributed by atoms with van der Waals surface area (Å²) < 4.78 is 43.4. The highest BCUT2D eigenvalue weighted by Crippen LogP contribution is 2.32. The molecule has 1 N–H and O–H groups in total. The minimum absolute atomic E-state index is 0.113. The number of carbonyl (C=O) groups is 2. The summed E-state index contributed by atoms with van der Waals surface area (Å²) in [4.78, 5) is 25.6. The van der Waals surface area contributed by atoms with E-state index in [1.807, 2.05) is 30.3 Å². The fourth-order valence-electron chi connectivity index (χ4n) is 3.32. The zero-order valence-corrected chi connectivity index (χ0v) is 20.0. The minimum Gasteiger partial charge on any atom is -0.486 e. The molecule has 0 aromatic heterocycles. The zero-order valence-electron chi connectivity index (χ0n) is 19.2. The maximum absolute atomic E-state index is 12.5. The normalized spacial score (nSPS) is 12.7. The number of esters is 1. The van der Waals surface area contributed by atoms with Gasteiger partial charge in [-0.25, -0.2) is 13.1 Å². The van der Waals surface area contributed by atoms with Crippen molar-refractivity contribution in [2.24, 2.45) is 0 Å². The molecule has 184 valence electrons. The molecule has 1 aliphatic heterocycles. The van der Waals surface area contributed by atoms with Crippen molar-refractivity contribution in [3.8, 4) is 11.5 Å². The zero-order chi connectivity index (χ0) is 24.4. The van der Waals surface area contributed by atoms with Crippen LogP contribution in [0.3, 0.4) is 0 Å². The number of unbranched alkanes of at least 4 members (excludes halogenated alkanes) is 2. The highest BCUT2D eigenvalue weighted by molar-refractivity contribution is 7.89. The second kappa shape index (κ2) is 12.4. The molecule has 0 saturated carbocycles. The van der Waals surface area contributed by atoms with Crippen LogP contribution in [0.25, 0.3) is 0 Å². The van der Waals surface area contributed by atoms with Gasteiger partial charge in [0.2, 0.25) is 10.0 Å². The van der Waals surface area contributed by atoms with Crippen molar-refractivity contribution in [3.63, 3.8) is 0 Å². The molecule has 0 spiro atoms. The van der Waals surface area contributed by atoms with Gasteiger partial charge in [-0.2, -0.15) is 0 Å². The van der Waals surface area contributed by atoms with Gasteiger partial charge in [-0.15, -0.1) is 0 Å². The van der Waals surface area contributed by atoms with Gasteiger partial charge in [-0.3, -0.25) is 9.59 Å². The summed E-state index contributed by atoms with van der Waals surface area (Å²) in [5.41, 5.74) is 0.995. The molecule has 9 nitrogen and oxygen atoms in total. The van der Waals surface area contributed by atoms with Crippen LogP contribution in [0, 0.1) is 0 Å². The lowest BCUT2D eigenvalue weighted by Gasteiger charge is -2.18. The van der Waals surface area contributed by atoms with Crippen LogP contribution in [0.15, 0.2) is 53.4 Å². The van der Waals surface area contributed by atoms with Crippen LogP contribution in [0.5, 0.6) is 11.5 Å². The van der Waals surface area contributed by atoms with Crippen molar-refractivity contribution < 1.29 is 32.2 Å². The van der Waals surface area contributed by atoms with E-state index in [2.05, 4.69) is 4.72 Å². The third kappa shape index (κ3) is 7.74. The van der Waals surface area contributed by atoms with Gasteiger partial charge in [0.1, 0.15) is 13.2 Å². The largest absolute Gasteiger partial charge is 0.486 e. The molecule has 1 amide bonds. The van der Waals surface area contributed by atoms with Crippen molar-refractivity contribution >= 4 is 21.9 Å². The van der Waals surface area contributed by atoms with E-state index >= 15 is 0 Å². The molecule has 0 saturated heterocycles. The highest BCUT2D eigenvalue weighted by Gasteiger charge is 2.19. The molecule has 0 radical (unpaired) electrons. The second-order valence-corrected chi connectivity index (χ2v) is 9.68. The van der Waals surface area contributed by atoms with Gasteiger partial charge < -0.3 is 19.1 Å². The smallest absolute Gasteiger partial charge is 0.306 e. The van der Waals surface area contributed by atoms with E-state index in [1.54, 1.807) is 13.1 Å². The van der Waals surface area contributed by atoms with Crippen LogP contribution >= 0.6 is 0 Å². The van der Waals surface area contributed by atoms with Gasteiger partial charge in [-0.05, 0) is 30.5 Å². The highest BCUT2D eigenvalue weighted by atomic mass is 32.2. The SMILES string of the molecule is CN(Cc1ccccc1)C(=O)COC(=O)CCCCCNS(=O)(=O)c1ccc2c(c1)OCCO2. The Morgan fingerprint density at radius 3 is 2.50 bits per heavy atom. The molecular formula is C24H30N2O7S. The third-order valence-electron chi connectivity index (χ3n) is 5.22. The van der Waals surface area contributed by atoms with Crippen LogP contribution in [0.1, 0.15) is 31.2 Å². The molecule has 2 aromatic rings. The number of amides is 1. The van der Waals surface area contributed by atoms with Gasteiger partial charge in [0.05, 0.1) is 4.90 Å². The number of sulfonamides is 1. The molecule has 0 atom stereocenters. The lowest BCUT2D eigenvalue weighted by molar-refractivity contribution is -0.151. The Kier molecular flexibility index (Phi) is 9.29. The average molecular weight is 491 g/mol. The summed E-state index contributed by atoms with van der Waals surface area (Å²) >= 11 is 0. The number of likely N-dealkylation sites (N-methyl/N-ethyl adjacent to an activating group) is 1. The first kappa shape index (κ1) is 25.5. The Bertz CT molecular complexity index is 1070. The number of carbonyl (C=O) groups excluding carboxylic acids is 2. The Balaban J connectivity index is 1.29. The standard InChI is InChI=1S/C24H30N2O7S/c1-26(17-19-8-4-2-5-9-19)23(27)18-33-24(28)10-6-3-7-13-25-34(29,30)20-11-12-21-22(16-20)32-15-14-31-21/h2,4-5,8-9,11-12,16,25H,3,6-7,10,13-15,17-18H2,1H3. The number of hydrogen-bond acceptors (Lipinski definition) is 7. The van der Waals surface area contributed by atoms with Gasteiger partial charge >= 0.3 is 5.97 Å². The number of fused-ring (bicyclic) bond motifs is 1. The van der Waals surface area contributed by atoms with E-state index in [9.17, 15) is 18.0 Å². The van der Waals surface area contributed by atoms with Gasteiger partial charge in [0.15, 0.2) is 18.1 Å². The number of nitrogens with zero attached hydrogens (tertiary/aromatic N) is 1. The molecule has 0 unspecified atom stereocenters. The van der Waals surface area contributed by atoms with E-state index in [4.69, 9.17) is 14.2 Å². The molecule has 2 aromatic carbocycles. The summed E-state index contributed by atoms with van der Waals surface area (Å²) in [5.74, 6) is 0.225. The Hall–Kier alpha value is -3.11. The van der Waals surface area contributed by atoms with Gasteiger partial charge in [0.25, 0.3) is 5.91 Å². The third-order valence-corrected chi connectivity index (χ3v) is 6.68. The second-order valence-electron chi connectivity index (χ2n) is 7.91. The van der Waals surface area contributed by atoms with Crippen LogP contribution in [0.4, 0.5) is 0 Å². The minimum atomic E-state index is -3.67. The van der Waals surface area contributed by atoms with Crippen molar-refractivity contribution in [2.45, 2.75) is 37.1 Å². The quantitative estimate of drug-likeness (QED) is 0.359. The maximum atomic E-state index is 12.5. The summed E-state index contributed by atoms with van der Waals surface area (Å²) in [6.07, 6.45) is 1.92. The number of ether oxygens (including phenoxy) is 3. The first-order chi connectivity index (χ1) is 16.3. The fraction of sp³-hybridized carbons (Fsp3) is 0.417. The average Bonchev–Trinajstić information content (AvgIpc) is 2.84. The molecular weight excluding hydrogens is 460 g/mol. The fourth-order valence-corrected chi connectivity index (χ4v) is 4.41. The van der Waals surface area contributed by atoms with E-state index in [0.717, 1.165) is 5.56 Å². The number of nitrogens with one attached hydrogen (secondary N) is 1. The van der Waals surface area contributed by atoms with E-state index < -0.39 is 16.0 Å². The molecule has 1 heterocycles. The van der Waals surface area contributed by atoms with Crippen LogP contribution < -0.4 is 14.2 Å². The summed E-state index contributed by atoms with van der Waals surface area (Å²) in [5, 5.41) is 0. The lowest BCUT2D eigenvalue weighted by atomic mass is 10.2. The summed E-state index contributed by atoms with van der Waals surface area (Å²) in [6, 6.07) is 14.1. The first-order valence-corrected chi connectivity index (χ1v) is 12.7.